The predicted octanol–water partition coefficient (Wildman–Crippen LogP) is 2.36. The number of halogens is 3. The van der Waals surface area contributed by atoms with E-state index in [2.05, 4.69) is 10.2 Å². The van der Waals surface area contributed by atoms with Crippen LogP contribution in [0.2, 0.25) is 0 Å². The van der Waals surface area contributed by atoms with Gasteiger partial charge in [0.15, 0.2) is 9.84 Å². The van der Waals surface area contributed by atoms with E-state index in [-0.39, 0.29) is 11.3 Å². The second-order valence-corrected chi connectivity index (χ2v) is 7.58. The molecule has 0 saturated carbocycles. The minimum Gasteiger partial charge on any atom is -0.314 e. The van der Waals surface area contributed by atoms with Crippen LogP contribution in [0, 0.1) is 0 Å². The number of alkyl halides is 3. The predicted molar refractivity (Wildman–Crippen MR) is 76.1 cm³/mol. The van der Waals surface area contributed by atoms with Crippen molar-refractivity contribution in [1.29, 1.82) is 0 Å². The van der Waals surface area contributed by atoms with Gasteiger partial charge in [-0.15, -0.1) is 10.2 Å². The molecule has 0 aliphatic carbocycles. The lowest BCUT2D eigenvalue weighted by Crippen LogP contribution is -2.13. The fourth-order valence-corrected chi connectivity index (χ4v) is 4.05. The number of fused-ring (bicyclic) bond motifs is 1. The molecule has 2 aromatic rings. The summed E-state index contributed by atoms with van der Waals surface area (Å²) >= 11 is 0. The Bertz CT molecular complexity index is 828. The summed E-state index contributed by atoms with van der Waals surface area (Å²) in [7, 11) is -3.63. The fourth-order valence-electron chi connectivity index (χ4n) is 2.66. The molecular formula is C14H14F3N3O2S. The molecule has 0 amide bonds. The summed E-state index contributed by atoms with van der Waals surface area (Å²) in [6.45, 7) is 0.677. The van der Waals surface area contributed by atoms with Gasteiger partial charge in [0.25, 0.3) is 0 Å². The van der Waals surface area contributed by atoms with Crippen LogP contribution in [-0.4, -0.2) is 23.2 Å². The quantitative estimate of drug-likeness (QED) is 0.853. The molecule has 0 radical (unpaired) electrons. The zero-order valence-corrected chi connectivity index (χ0v) is 12.9. The molecule has 1 aliphatic heterocycles. The first-order chi connectivity index (χ1) is 10.7. The molecule has 0 N–H and O–H groups in total. The second kappa shape index (κ2) is 5.63. The third-order valence-electron chi connectivity index (χ3n) is 3.68. The van der Waals surface area contributed by atoms with Crippen LogP contribution in [0.5, 0.6) is 0 Å². The van der Waals surface area contributed by atoms with Crippen molar-refractivity contribution in [2.24, 2.45) is 0 Å². The van der Waals surface area contributed by atoms with E-state index in [1.807, 2.05) is 0 Å². The highest BCUT2D eigenvalue weighted by atomic mass is 32.2. The summed E-state index contributed by atoms with van der Waals surface area (Å²) in [4.78, 5) is 0. The van der Waals surface area contributed by atoms with Crippen LogP contribution >= 0.6 is 0 Å². The van der Waals surface area contributed by atoms with E-state index in [0.29, 0.717) is 12.4 Å². The summed E-state index contributed by atoms with van der Waals surface area (Å²) in [5.41, 5.74) is -0.741. The molecule has 3 rings (SSSR count). The van der Waals surface area contributed by atoms with Crippen LogP contribution in [0.25, 0.3) is 0 Å². The first kappa shape index (κ1) is 16.0. The maximum Gasteiger partial charge on any atom is 0.416 e. The molecule has 0 unspecified atom stereocenters. The molecule has 0 bridgehead atoms. The Balaban J connectivity index is 1.79. The number of aryl methyl sites for hydroxylation is 1. The lowest BCUT2D eigenvalue weighted by atomic mass is 10.1. The summed E-state index contributed by atoms with van der Waals surface area (Å²) < 4.78 is 64.4. The summed E-state index contributed by atoms with van der Waals surface area (Å²) in [6.07, 6.45) is -2.83. The summed E-state index contributed by atoms with van der Waals surface area (Å²) in [5.74, 6) is 0.328. The fraction of sp³-hybridized carbons (Fsp3) is 0.429. The maximum atomic E-state index is 12.7. The largest absolute Gasteiger partial charge is 0.416 e. The van der Waals surface area contributed by atoms with Crippen molar-refractivity contribution in [3.63, 3.8) is 0 Å². The minimum atomic E-state index is -4.49. The maximum absolute atomic E-state index is 12.7. The highest BCUT2D eigenvalue weighted by molar-refractivity contribution is 7.89. The molecule has 1 aliphatic rings. The molecule has 0 spiro atoms. The molecule has 1 aromatic carbocycles. The Morgan fingerprint density at radius 2 is 1.96 bits per heavy atom. The molecule has 124 valence electrons. The Morgan fingerprint density at radius 1 is 1.17 bits per heavy atom. The van der Waals surface area contributed by atoms with E-state index >= 15 is 0 Å². The van der Waals surface area contributed by atoms with Gasteiger partial charge < -0.3 is 4.57 Å². The second-order valence-electron chi connectivity index (χ2n) is 5.52. The minimum absolute atomic E-state index is 0.112. The SMILES string of the molecule is O=S(=O)(Cc1cccc(C(F)(F)F)c1)Cc1nnc2n1CCC2. The smallest absolute Gasteiger partial charge is 0.314 e. The molecule has 9 heteroatoms. The first-order valence-electron chi connectivity index (χ1n) is 7.02. The zero-order chi connectivity index (χ0) is 16.7. The third-order valence-corrected chi connectivity index (χ3v) is 5.15. The molecule has 0 atom stereocenters. The average Bonchev–Trinajstić information content (AvgIpc) is 3.02. The Morgan fingerprint density at radius 3 is 2.70 bits per heavy atom. The van der Waals surface area contributed by atoms with Crippen LogP contribution in [0.3, 0.4) is 0 Å². The van der Waals surface area contributed by atoms with Gasteiger partial charge in [0.1, 0.15) is 17.4 Å². The highest BCUT2D eigenvalue weighted by Gasteiger charge is 2.31. The summed E-state index contributed by atoms with van der Waals surface area (Å²) in [5, 5.41) is 7.81. The average molecular weight is 345 g/mol. The number of aromatic nitrogens is 3. The number of hydrogen-bond donors (Lipinski definition) is 0. The van der Waals surface area contributed by atoms with Crippen molar-refractivity contribution in [3.8, 4) is 0 Å². The molecule has 5 nitrogen and oxygen atoms in total. The number of benzene rings is 1. The first-order valence-corrected chi connectivity index (χ1v) is 8.84. The number of nitrogens with zero attached hydrogens (tertiary/aromatic N) is 3. The Hall–Kier alpha value is -1.90. The van der Waals surface area contributed by atoms with Gasteiger partial charge in [-0.2, -0.15) is 13.2 Å². The van der Waals surface area contributed by atoms with Gasteiger partial charge in [0.05, 0.1) is 11.3 Å². The van der Waals surface area contributed by atoms with E-state index in [4.69, 9.17) is 0 Å². The normalized spacial score (nSPS) is 14.9. The van der Waals surface area contributed by atoms with Crippen LogP contribution in [0.15, 0.2) is 24.3 Å². The van der Waals surface area contributed by atoms with Gasteiger partial charge in [-0.3, -0.25) is 0 Å². The van der Waals surface area contributed by atoms with Crippen LogP contribution in [0.1, 0.15) is 29.2 Å². The van der Waals surface area contributed by atoms with Crippen LogP contribution < -0.4 is 0 Å². The van der Waals surface area contributed by atoms with E-state index in [1.54, 1.807) is 4.57 Å². The molecule has 1 aromatic heterocycles. The topological polar surface area (TPSA) is 64.8 Å². The third kappa shape index (κ3) is 3.54. The lowest BCUT2D eigenvalue weighted by molar-refractivity contribution is -0.137. The number of sulfone groups is 1. The van der Waals surface area contributed by atoms with Crippen molar-refractivity contribution >= 4 is 9.84 Å². The zero-order valence-electron chi connectivity index (χ0n) is 12.0. The molecule has 2 heterocycles. The van der Waals surface area contributed by atoms with Gasteiger partial charge in [0.2, 0.25) is 0 Å². The van der Waals surface area contributed by atoms with Crippen LogP contribution in [0.4, 0.5) is 13.2 Å². The van der Waals surface area contributed by atoms with Crippen LogP contribution in [-0.2, 0) is 40.5 Å². The van der Waals surface area contributed by atoms with Crippen molar-refractivity contribution < 1.29 is 21.6 Å². The molecule has 0 fully saturated rings. The van der Waals surface area contributed by atoms with Gasteiger partial charge in [0, 0.05) is 13.0 Å². The van der Waals surface area contributed by atoms with E-state index in [1.165, 1.54) is 12.1 Å². The van der Waals surface area contributed by atoms with Crippen molar-refractivity contribution in [3.05, 3.63) is 47.0 Å². The molecular weight excluding hydrogens is 331 g/mol. The van der Waals surface area contributed by atoms with Gasteiger partial charge in [-0.1, -0.05) is 18.2 Å². The van der Waals surface area contributed by atoms with Gasteiger partial charge in [-0.25, -0.2) is 8.42 Å². The van der Waals surface area contributed by atoms with E-state index in [0.717, 1.165) is 30.8 Å². The Kier molecular flexibility index (Phi) is 3.91. The number of hydrogen-bond acceptors (Lipinski definition) is 4. The van der Waals surface area contributed by atoms with E-state index < -0.39 is 27.3 Å². The van der Waals surface area contributed by atoms with Crippen molar-refractivity contribution in [2.45, 2.75) is 37.1 Å². The lowest BCUT2D eigenvalue weighted by Gasteiger charge is -2.09. The highest BCUT2D eigenvalue weighted by Crippen LogP contribution is 2.30. The monoisotopic (exact) mass is 345 g/mol. The summed E-state index contributed by atoms with van der Waals surface area (Å²) in [6, 6.07) is 4.37. The molecule has 0 saturated heterocycles. The van der Waals surface area contributed by atoms with Gasteiger partial charge in [-0.05, 0) is 18.1 Å². The molecule has 23 heavy (non-hydrogen) atoms. The van der Waals surface area contributed by atoms with Gasteiger partial charge >= 0.3 is 6.18 Å². The standard InChI is InChI=1S/C14H14F3N3O2S/c15-14(16,17)11-4-1-3-10(7-11)8-23(21,22)9-13-19-18-12-5-2-6-20(12)13/h1,3-4,7H,2,5-6,8-9H2. The number of rotatable bonds is 4. The van der Waals surface area contributed by atoms with E-state index in [9.17, 15) is 21.6 Å². The Labute approximate surface area is 131 Å². The van der Waals surface area contributed by atoms with Crippen molar-refractivity contribution in [1.82, 2.24) is 14.8 Å². The van der Waals surface area contributed by atoms with Crippen molar-refractivity contribution in [2.75, 3.05) is 0 Å².